The number of para-hydroxylation sites is 1. The van der Waals surface area contributed by atoms with Gasteiger partial charge in [-0.2, -0.15) is 0 Å². The lowest BCUT2D eigenvalue weighted by atomic mass is 10.2. The number of carbonyl (C=O) groups is 3. The van der Waals surface area contributed by atoms with Crippen LogP contribution in [-0.4, -0.2) is 48.4 Å². The number of anilines is 1. The van der Waals surface area contributed by atoms with Gasteiger partial charge in [0.25, 0.3) is 5.91 Å². The molecule has 1 aromatic carbocycles. The molecule has 8 heteroatoms. The largest absolute Gasteiger partial charge is 0.453 e. The molecular weight excluding hydrogens is 356 g/mol. The number of esters is 1. The quantitative estimate of drug-likeness (QED) is 0.732. The Bertz CT molecular complexity index is 690. The molecule has 3 rings (SSSR count). The number of ether oxygens (including phenoxy) is 2. The van der Waals surface area contributed by atoms with Crippen LogP contribution in [0.3, 0.4) is 0 Å². The van der Waals surface area contributed by atoms with Gasteiger partial charge in [0.15, 0.2) is 6.10 Å². The van der Waals surface area contributed by atoms with Crippen molar-refractivity contribution in [3.8, 4) is 0 Å². The van der Waals surface area contributed by atoms with Gasteiger partial charge in [-0.1, -0.05) is 12.1 Å². The van der Waals surface area contributed by atoms with Gasteiger partial charge in [0.1, 0.15) is 0 Å². The van der Waals surface area contributed by atoms with E-state index in [2.05, 4.69) is 10.6 Å². The van der Waals surface area contributed by atoms with Gasteiger partial charge in [0.05, 0.1) is 23.5 Å². The molecule has 1 fully saturated rings. The first-order valence-electron chi connectivity index (χ1n) is 8.68. The molecule has 1 saturated heterocycles. The van der Waals surface area contributed by atoms with Crippen LogP contribution in [0.5, 0.6) is 0 Å². The van der Waals surface area contributed by atoms with Crippen LogP contribution in [0.1, 0.15) is 26.2 Å². The molecule has 2 aliphatic rings. The monoisotopic (exact) mass is 378 g/mol. The number of fused-ring (bicyclic) bond motifs is 1. The van der Waals surface area contributed by atoms with E-state index in [9.17, 15) is 14.4 Å². The minimum Gasteiger partial charge on any atom is -0.453 e. The number of hydrogen-bond acceptors (Lipinski definition) is 6. The number of hydrogen-bond donors (Lipinski definition) is 2. The molecule has 2 amide bonds. The van der Waals surface area contributed by atoms with Crippen LogP contribution in [0.4, 0.5) is 5.69 Å². The zero-order valence-electron chi connectivity index (χ0n) is 14.5. The molecule has 2 heterocycles. The number of rotatable bonds is 6. The molecule has 0 spiro atoms. The van der Waals surface area contributed by atoms with E-state index >= 15 is 0 Å². The molecule has 26 heavy (non-hydrogen) atoms. The van der Waals surface area contributed by atoms with Crippen LogP contribution in [-0.2, 0) is 23.9 Å². The molecule has 0 radical (unpaired) electrons. The zero-order valence-corrected chi connectivity index (χ0v) is 15.3. The van der Waals surface area contributed by atoms with Crippen LogP contribution >= 0.6 is 11.8 Å². The van der Waals surface area contributed by atoms with Gasteiger partial charge >= 0.3 is 5.97 Å². The minimum absolute atomic E-state index is 0.0317. The summed E-state index contributed by atoms with van der Waals surface area (Å²) in [4.78, 5) is 37.2. The molecule has 2 aliphatic heterocycles. The van der Waals surface area contributed by atoms with Gasteiger partial charge in [0.2, 0.25) is 5.91 Å². The highest BCUT2D eigenvalue weighted by Gasteiger charge is 2.30. The summed E-state index contributed by atoms with van der Waals surface area (Å²) >= 11 is 1.33. The molecule has 7 nitrogen and oxygen atoms in total. The van der Waals surface area contributed by atoms with Crippen molar-refractivity contribution >= 4 is 35.2 Å². The summed E-state index contributed by atoms with van der Waals surface area (Å²) in [6.45, 7) is 2.65. The molecule has 0 saturated carbocycles. The van der Waals surface area contributed by atoms with Gasteiger partial charge in [-0.05, 0) is 31.9 Å². The van der Waals surface area contributed by atoms with Crippen LogP contribution in [0.25, 0.3) is 0 Å². The first-order chi connectivity index (χ1) is 12.5. The highest BCUT2D eigenvalue weighted by Crippen LogP contribution is 2.36. The average molecular weight is 378 g/mol. The van der Waals surface area contributed by atoms with Gasteiger partial charge < -0.3 is 20.1 Å². The summed E-state index contributed by atoms with van der Waals surface area (Å²) in [6, 6.07) is 7.42. The van der Waals surface area contributed by atoms with E-state index < -0.39 is 17.3 Å². The molecule has 140 valence electrons. The molecule has 0 unspecified atom stereocenters. The highest BCUT2D eigenvalue weighted by molar-refractivity contribution is 8.01. The van der Waals surface area contributed by atoms with E-state index in [1.807, 2.05) is 24.3 Å². The third-order valence-corrected chi connectivity index (χ3v) is 5.54. The van der Waals surface area contributed by atoms with Crippen molar-refractivity contribution in [2.45, 2.75) is 48.5 Å². The van der Waals surface area contributed by atoms with E-state index in [1.165, 1.54) is 18.7 Å². The number of nitrogens with one attached hydrogen (secondary N) is 2. The van der Waals surface area contributed by atoms with Crippen molar-refractivity contribution in [3.63, 3.8) is 0 Å². The second kappa shape index (κ2) is 8.55. The molecule has 0 bridgehead atoms. The summed E-state index contributed by atoms with van der Waals surface area (Å²) in [5, 5.41) is 4.94. The average Bonchev–Trinajstić information content (AvgIpc) is 3.13. The van der Waals surface area contributed by atoms with Gasteiger partial charge in [-0.15, -0.1) is 11.8 Å². The first kappa shape index (κ1) is 18.7. The van der Waals surface area contributed by atoms with Gasteiger partial charge in [-0.25, -0.2) is 0 Å². The van der Waals surface area contributed by atoms with Crippen LogP contribution in [0.2, 0.25) is 0 Å². The van der Waals surface area contributed by atoms with Crippen molar-refractivity contribution < 1.29 is 23.9 Å². The minimum atomic E-state index is -0.909. The Morgan fingerprint density at radius 1 is 1.42 bits per heavy atom. The smallest absolute Gasteiger partial charge is 0.308 e. The number of benzene rings is 1. The summed E-state index contributed by atoms with van der Waals surface area (Å²) in [6.07, 6.45) is 0.949. The standard InChI is InChI=1S/C18H22N2O5S/c1-11(17(22)19-10-12-5-4-8-24-12)25-16(21)9-15-18(23)20-13-6-2-3-7-14(13)26-15/h2-3,6-7,11-12,15H,4-5,8-10H2,1H3,(H,19,22)(H,20,23)/t11-,12-,15-/m0/s1. The second-order valence-electron chi connectivity index (χ2n) is 6.31. The Hall–Kier alpha value is -2.06. The van der Waals surface area contributed by atoms with Crippen molar-refractivity contribution in [3.05, 3.63) is 24.3 Å². The molecule has 2 N–H and O–H groups in total. The predicted octanol–water partition coefficient (Wildman–Crippen LogP) is 1.72. The van der Waals surface area contributed by atoms with Crippen LogP contribution < -0.4 is 10.6 Å². The first-order valence-corrected chi connectivity index (χ1v) is 9.56. The summed E-state index contributed by atoms with van der Waals surface area (Å²) < 4.78 is 10.6. The Labute approximate surface area is 156 Å². The molecule has 3 atom stereocenters. The van der Waals surface area contributed by atoms with E-state index in [0.29, 0.717) is 6.54 Å². The van der Waals surface area contributed by atoms with E-state index in [4.69, 9.17) is 9.47 Å². The van der Waals surface area contributed by atoms with Gasteiger partial charge in [-0.3, -0.25) is 14.4 Å². The Balaban J connectivity index is 1.45. The fourth-order valence-electron chi connectivity index (χ4n) is 2.84. The Morgan fingerprint density at radius 3 is 3.00 bits per heavy atom. The third kappa shape index (κ3) is 4.76. The second-order valence-corrected chi connectivity index (χ2v) is 7.55. The highest BCUT2D eigenvalue weighted by atomic mass is 32.2. The number of carbonyl (C=O) groups excluding carboxylic acids is 3. The SMILES string of the molecule is C[C@H](OC(=O)C[C@@H]1Sc2ccccc2NC1=O)C(=O)NC[C@@H]1CCCO1. The normalized spacial score (nSPS) is 22.9. The lowest BCUT2D eigenvalue weighted by molar-refractivity contribution is -0.155. The molecule has 1 aromatic rings. The lowest BCUT2D eigenvalue weighted by Crippen LogP contribution is -2.40. The predicted molar refractivity (Wildman–Crippen MR) is 96.9 cm³/mol. The Morgan fingerprint density at radius 2 is 2.23 bits per heavy atom. The van der Waals surface area contributed by atoms with E-state index in [0.717, 1.165) is 30.0 Å². The maximum Gasteiger partial charge on any atom is 0.308 e. The fraction of sp³-hybridized carbons (Fsp3) is 0.500. The lowest BCUT2D eigenvalue weighted by Gasteiger charge is -2.23. The third-order valence-electron chi connectivity index (χ3n) is 4.26. The number of thioether (sulfide) groups is 1. The topological polar surface area (TPSA) is 93.7 Å². The molecule has 0 aliphatic carbocycles. The van der Waals surface area contributed by atoms with Crippen molar-refractivity contribution in [2.24, 2.45) is 0 Å². The number of amides is 2. The fourth-order valence-corrected chi connectivity index (χ4v) is 3.94. The summed E-state index contributed by atoms with van der Waals surface area (Å²) in [5.41, 5.74) is 0.744. The zero-order chi connectivity index (χ0) is 18.5. The van der Waals surface area contributed by atoms with Gasteiger partial charge in [0, 0.05) is 18.0 Å². The molecule has 0 aromatic heterocycles. The maximum absolute atomic E-state index is 12.1. The van der Waals surface area contributed by atoms with Crippen molar-refractivity contribution in [1.29, 1.82) is 0 Å². The van der Waals surface area contributed by atoms with Crippen molar-refractivity contribution in [1.82, 2.24) is 5.32 Å². The van der Waals surface area contributed by atoms with Crippen LogP contribution in [0.15, 0.2) is 29.2 Å². The Kier molecular flexibility index (Phi) is 6.16. The van der Waals surface area contributed by atoms with Crippen molar-refractivity contribution in [2.75, 3.05) is 18.5 Å². The molecular formula is C18H22N2O5S. The van der Waals surface area contributed by atoms with E-state index in [-0.39, 0.29) is 24.3 Å². The van der Waals surface area contributed by atoms with E-state index in [1.54, 1.807) is 0 Å². The van der Waals surface area contributed by atoms with Crippen LogP contribution in [0, 0.1) is 0 Å². The summed E-state index contributed by atoms with van der Waals surface area (Å²) in [7, 11) is 0. The summed E-state index contributed by atoms with van der Waals surface area (Å²) in [5.74, 6) is -1.17. The maximum atomic E-state index is 12.1.